The van der Waals surface area contributed by atoms with Crippen molar-refractivity contribution in [1.82, 2.24) is 15.2 Å². The van der Waals surface area contributed by atoms with E-state index in [9.17, 15) is 0 Å². The maximum absolute atomic E-state index is 3.99. The van der Waals surface area contributed by atoms with Crippen LogP contribution in [0.3, 0.4) is 0 Å². The molecular weight excluding hydrogens is 126 g/mol. The highest BCUT2D eigenvalue weighted by Gasteiger charge is 1.97. The Morgan fingerprint density at radius 3 is 2.90 bits per heavy atom. The molecule has 53 valence electrons. The van der Waals surface area contributed by atoms with Crippen molar-refractivity contribution in [1.29, 1.82) is 0 Å². The van der Waals surface area contributed by atoms with E-state index in [-0.39, 0.29) is 0 Å². The number of nitrogens with zero attached hydrogens (tertiary/aromatic N) is 3. The van der Waals surface area contributed by atoms with Gasteiger partial charge in [0.25, 0.3) is 0 Å². The van der Waals surface area contributed by atoms with Gasteiger partial charge in [0.15, 0.2) is 0 Å². The average molecular weight is 136 g/mol. The van der Waals surface area contributed by atoms with E-state index in [1.54, 1.807) is 0 Å². The summed E-state index contributed by atoms with van der Waals surface area (Å²) in [6.45, 7) is 4.27. The predicted molar refractivity (Wildman–Crippen MR) is 37.2 cm³/mol. The maximum Gasteiger partial charge on any atom is 0.138 e. The Morgan fingerprint density at radius 1 is 1.60 bits per heavy atom. The molecule has 0 aliphatic rings. The van der Waals surface area contributed by atoms with Crippen molar-refractivity contribution in [2.75, 3.05) is 0 Å². The number of hydrogen-bond acceptors (Lipinski definition) is 3. The first-order chi connectivity index (χ1) is 4.79. The third kappa shape index (κ3) is 2.09. The lowest BCUT2D eigenvalue weighted by Crippen LogP contribution is -1.98. The van der Waals surface area contributed by atoms with E-state index in [0.29, 0.717) is 5.92 Å². The largest absolute Gasteiger partial charge is 0.237 e. The van der Waals surface area contributed by atoms with E-state index in [4.69, 9.17) is 0 Å². The van der Waals surface area contributed by atoms with Crippen LogP contribution in [0.15, 0.2) is 6.33 Å². The lowest BCUT2D eigenvalue weighted by molar-refractivity contribution is 0.628. The van der Waals surface area contributed by atoms with Gasteiger partial charge in [-0.2, -0.15) is 0 Å². The summed E-state index contributed by atoms with van der Waals surface area (Å²) in [4.78, 5) is 3.99. The molecule has 1 rings (SSSR count). The third-order valence-corrected chi connectivity index (χ3v) is 1.10. The van der Waals surface area contributed by atoms with E-state index >= 15 is 0 Å². The molecule has 3 nitrogen and oxygen atoms in total. The lowest BCUT2D eigenvalue weighted by Gasteiger charge is -1.99. The standard InChI is InChI=1S/C7H10N3/c1-6(2)3-7-4-9-10-5-8-7/h5-6H,3H2,1-2H3. The highest BCUT2D eigenvalue weighted by Crippen LogP contribution is 2.00. The fraction of sp³-hybridized carbons (Fsp3) is 0.571. The molecule has 1 heterocycles. The molecular formula is C7H10N3. The average Bonchev–Trinajstić information content (AvgIpc) is 1.88. The third-order valence-electron chi connectivity index (χ3n) is 1.10. The molecule has 0 amide bonds. The van der Waals surface area contributed by atoms with Crippen molar-refractivity contribution in [3.8, 4) is 0 Å². The number of rotatable bonds is 2. The summed E-state index contributed by atoms with van der Waals surface area (Å²) in [6.07, 6.45) is 5.11. The van der Waals surface area contributed by atoms with E-state index < -0.39 is 0 Å². The first-order valence-corrected chi connectivity index (χ1v) is 3.33. The molecule has 0 saturated heterocycles. The van der Waals surface area contributed by atoms with Gasteiger partial charge in [-0.25, -0.2) is 4.98 Å². The molecule has 3 heteroatoms. The summed E-state index contributed by atoms with van der Waals surface area (Å²) in [5.41, 5.74) is 0.894. The Kier molecular flexibility index (Phi) is 2.31. The van der Waals surface area contributed by atoms with E-state index in [0.717, 1.165) is 12.1 Å². The van der Waals surface area contributed by atoms with Gasteiger partial charge in [0.1, 0.15) is 12.5 Å². The van der Waals surface area contributed by atoms with Crippen LogP contribution < -0.4 is 0 Å². The highest BCUT2D eigenvalue weighted by molar-refractivity contribution is 4.89. The second-order valence-electron chi connectivity index (χ2n) is 2.62. The fourth-order valence-electron chi connectivity index (χ4n) is 0.722. The molecule has 10 heavy (non-hydrogen) atoms. The molecule has 0 spiro atoms. The molecule has 1 aromatic rings. The van der Waals surface area contributed by atoms with Crippen molar-refractivity contribution in [3.63, 3.8) is 0 Å². The van der Waals surface area contributed by atoms with E-state index in [2.05, 4.69) is 35.2 Å². The maximum atomic E-state index is 3.99. The first kappa shape index (κ1) is 7.12. The van der Waals surface area contributed by atoms with Crippen LogP contribution in [0.1, 0.15) is 19.5 Å². The smallest absolute Gasteiger partial charge is 0.138 e. The van der Waals surface area contributed by atoms with Gasteiger partial charge in [0, 0.05) is 0 Å². The van der Waals surface area contributed by atoms with Crippen molar-refractivity contribution < 1.29 is 0 Å². The summed E-state index contributed by atoms with van der Waals surface area (Å²) in [6, 6.07) is 0. The van der Waals surface area contributed by atoms with Crippen LogP contribution in [0.25, 0.3) is 0 Å². The molecule has 0 bridgehead atoms. The van der Waals surface area contributed by atoms with Crippen LogP contribution in [-0.4, -0.2) is 15.2 Å². The topological polar surface area (TPSA) is 38.7 Å². The zero-order valence-electron chi connectivity index (χ0n) is 6.20. The van der Waals surface area contributed by atoms with Gasteiger partial charge in [-0.3, -0.25) is 0 Å². The van der Waals surface area contributed by atoms with Crippen molar-refractivity contribution in [3.05, 3.63) is 18.2 Å². The van der Waals surface area contributed by atoms with Crippen molar-refractivity contribution >= 4 is 0 Å². The van der Waals surface area contributed by atoms with Crippen LogP contribution in [-0.2, 0) is 6.42 Å². The van der Waals surface area contributed by atoms with Crippen molar-refractivity contribution in [2.45, 2.75) is 20.3 Å². The minimum Gasteiger partial charge on any atom is -0.237 e. The Balaban J connectivity index is 2.59. The number of aromatic nitrogens is 3. The van der Waals surface area contributed by atoms with E-state index in [1.807, 2.05) is 0 Å². The molecule has 0 aliphatic heterocycles. The molecule has 1 aromatic heterocycles. The molecule has 1 radical (unpaired) electrons. The Bertz CT molecular complexity index is 183. The lowest BCUT2D eigenvalue weighted by atomic mass is 10.1. The minimum atomic E-state index is 0.605. The summed E-state index contributed by atoms with van der Waals surface area (Å²) in [7, 11) is 0. The van der Waals surface area contributed by atoms with Crippen LogP contribution >= 0.6 is 0 Å². The monoisotopic (exact) mass is 136 g/mol. The molecule has 0 saturated carbocycles. The minimum absolute atomic E-state index is 0.605. The predicted octanol–water partition coefficient (Wildman–Crippen LogP) is 0.870. The molecule has 0 unspecified atom stereocenters. The Labute approximate surface area is 60.5 Å². The van der Waals surface area contributed by atoms with Crippen LogP contribution in [0.5, 0.6) is 0 Å². The van der Waals surface area contributed by atoms with Crippen LogP contribution in [0.2, 0.25) is 0 Å². The van der Waals surface area contributed by atoms with Crippen LogP contribution in [0.4, 0.5) is 0 Å². The zero-order valence-corrected chi connectivity index (χ0v) is 6.20. The highest BCUT2D eigenvalue weighted by atomic mass is 15.1. The SMILES string of the molecule is CC(C)Cc1[c]nncn1. The fourth-order valence-corrected chi connectivity index (χ4v) is 0.722. The summed E-state index contributed by atoms with van der Waals surface area (Å²) in [5.74, 6) is 0.605. The van der Waals surface area contributed by atoms with Gasteiger partial charge in [-0.05, 0) is 12.3 Å². The summed E-state index contributed by atoms with van der Waals surface area (Å²) in [5, 5.41) is 7.14. The summed E-state index contributed by atoms with van der Waals surface area (Å²) >= 11 is 0. The normalized spacial score (nSPS) is 10.3. The molecule has 0 aliphatic carbocycles. The quantitative estimate of drug-likeness (QED) is 0.605. The van der Waals surface area contributed by atoms with Gasteiger partial charge >= 0.3 is 0 Å². The number of hydrogen-bond donors (Lipinski definition) is 0. The zero-order chi connectivity index (χ0) is 7.40. The first-order valence-electron chi connectivity index (χ1n) is 3.33. The Morgan fingerprint density at radius 2 is 2.40 bits per heavy atom. The van der Waals surface area contributed by atoms with Gasteiger partial charge in [0.2, 0.25) is 0 Å². The van der Waals surface area contributed by atoms with Crippen molar-refractivity contribution in [2.24, 2.45) is 5.92 Å². The second kappa shape index (κ2) is 3.25. The van der Waals surface area contributed by atoms with Gasteiger partial charge in [-0.1, -0.05) is 13.8 Å². The molecule has 0 N–H and O–H groups in total. The van der Waals surface area contributed by atoms with E-state index in [1.165, 1.54) is 6.33 Å². The summed E-state index contributed by atoms with van der Waals surface area (Å²) < 4.78 is 0. The molecule has 0 fully saturated rings. The molecule has 0 aromatic carbocycles. The van der Waals surface area contributed by atoms with Crippen LogP contribution in [0, 0.1) is 12.1 Å². The van der Waals surface area contributed by atoms with Gasteiger partial charge < -0.3 is 0 Å². The second-order valence-corrected chi connectivity index (χ2v) is 2.62. The molecule has 0 atom stereocenters. The van der Waals surface area contributed by atoms with Gasteiger partial charge in [-0.15, -0.1) is 10.2 Å². The Hall–Kier alpha value is -0.990. The van der Waals surface area contributed by atoms with Gasteiger partial charge in [0.05, 0.1) is 5.69 Å².